The first-order valence-corrected chi connectivity index (χ1v) is 15.6. The summed E-state index contributed by atoms with van der Waals surface area (Å²) in [6, 6.07) is 26.3. The molecule has 0 saturated carbocycles. The van der Waals surface area contributed by atoms with Gasteiger partial charge in [-0.3, -0.25) is 4.79 Å². The number of rotatable bonds is 9. The van der Waals surface area contributed by atoms with Crippen molar-refractivity contribution < 1.29 is 43.1 Å². The maximum atomic E-state index is 13.5. The number of carbonyl (C=O) groups is 1. The Morgan fingerprint density at radius 3 is 2.27 bits per heavy atom. The van der Waals surface area contributed by atoms with E-state index in [0.29, 0.717) is 39.1 Å². The lowest BCUT2D eigenvalue weighted by atomic mass is 9.89. The van der Waals surface area contributed by atoms with E-state index >= 15 is 0 Å². The van der Waals surface area contributed by atoms with Crippen molar-refractivity contribution in [2.24, 2.45) is 0 Å². The van der Waals surface area contributed by atoms with E-state index in [-0.39, 0.29) is 17.0 Å². The number of amides is 1. The molecule has 0 aliphatic carbocycles. The lowest BCUT2D eigenvalue weighted by molar-refractivity contribution is -0.305. The van der Waals surface area contributed by atoms with Gasteiger partial charge in [0.25, 0.3) is 5.91 Å². The van der Waals surface area contributed by atoms with Gasteiger partial charge in [-0.15, -0.1) is 0 Å². The van der Waals surface area contributed by atoms with Crippen molar-refractivity contribution in [3.8, 4) is 39.5 Å². The predicted octanol–water partition coefficient (Wildman–Crippen LogP) is 5.65. The molecule has 1 saturated heterocycles. The second-order valence-electron chi connectivity index (χ2n) is 12.1. The molecule has 3 N–H and O–H groups in total. The number of fused-ring (bicyclic) bond motifs is 1. The minimum Gasteiger partial charge on any atom is -0.497 e. The molecule has 1 amide bonds. The van der Waals surface area contributed by atoms with Gasteiger partial charge in [-0.25, -0.2) is 4.79 Å². The molecule has 1 aliphatic heterocycles. The van der Waals surface area contributed by atoms with Crippen molar-refractivity contribution in [2.75, 3.05) is 26.6 Å². The normalized spacial score (nSPS) is 20.1. The molecule has 4 atom stereocenters. The number of anilines is 1. The molecule has 3 unspecified atom stereocenters. The van der Waals surface area contributed by atoms with Crippen LogP contribution in [0.2, 0.25) is 0 Å². The highest BCUT2D eigenvalue weighted by molar-refractivity contribution is 6.06. The quantitative estimate of drug-likeness (QED) is 0.169. The van der Waals surface area contributed by atoms with Crippen LogP contribution in [0.3, 0.4) is 0 Å². The zero-order chi connectivity index (χ0) is 34.9. The first kappa shape index (κ1) is 33.7. The molecule has 1 aliphatic rings. The van der Waals surface area contributed by atoms with Crippen LogP contribution in [-0.4, -0.2) is 67.7 Å². The summed E-state index contributed by atoms with van der Waals surface area (Å²) in [6.07, 6.45) is -4.80. The highest BCUT2D eigenvalue weighted by Gasteiger charge is 2.50. The SMILES string of the molecule is COc1cccc(-c2cc(C(=O)Nc3cc4ccc(O[C@@H]5OC(C)(C)C(OC)C(O)C5O)c(-c5ccccc5)c4oc3=O)ccc2OC)c1. The fourth-order valence-corrected chi connectivity index (χ4v) is 6.12. The number of hydrogen-bond acceptors (Lipinski definition) is 10. The summed E-state index contributed by atoms with van der Waals surface area (Å²) < 4.78 is 34.4. The maximum Gasteiger partial charge on any atom is 0.360 e. The van der Waals surface area contributed by atoms with E-state index in [1.54, 1.807) is 58.4 Å². The van der Waals surface area contributed by atoms with Crippen LogP contribution in [0.5, 0.6) is 17.2 Å². The summed E-state index contributed by atoms with van der Waals surface area (Å²) in [5, 5.41) is 24.9. The Kier molecular flexibility index (Phi) is 9.44. The largest absolute Gasteiger partial charge is 0.497 e. The number of ether oxygens (including phenoxy) is 5. The smallest absolute Gasteiger partial charge is 0.360 e. The third kappa shape index (κ3) is 6.61. The fourth-order valence-electron chi connectivity index (χ4n) is 6.12. The van der Waals surface area contributed by atoms with Crippen molar-refractivity contribution in [2.45, 2.75) is 44.1 Å². The van der Waals surface area contributed by atoms with Crippen molar-refractivity contribution in [3.63, 3.8) is 0 Å². The molecule has 1 aromatic heterocycles. The molecule has 2 heterocycles. The van der Waals surface area contributed by atoms with Crippen LogP contribution in [0.1, 0.15) is 24.2 Å². The number of carbonyl (C=O) groups excluding carboxylic acids is 1. The molecular weight excluding hydrogens is 630 g/mol. The van der Waals surface area contributed by atoms with Crippen molar-refractivity contribution in [1.82, 2.24) is 0 Å². The molecule has 254 valence electrons. The third-order valence-electron chi connectivity index (χ3n) is 8.56. The number of aliphatic hydroxyl groups excluding tert-OH is 2. The lowest BCUT2D eigenvalue weighted by Crippen LogP contribution is -2.63. The van der Waals surface area contributed by atoms with Gasteiger partial charge in [0.15, 0.2) is 0 Å². The zero-order valence-corrected chi connectivity index (χ0v) is 27.6. The molecule has 0 bridgehead atoms. The van der Waals surface area contributed by atoms with Gasteiger partial charge in [0.1, 0.15) is 46.8 Å². The first-order valence-electron chi connectivity index (χ1n) is 15.6. The third-order valence-corrected chi connectivity index (χ3v) is 8.56. The molecule has 49 heavy (non-hydrogen) atoms. The molecule has 11 nitrogen and oxygen atoms in total. The van der Waals surface area contributed by atoms with Gasteiger partial charge in [-0.05, 0) is 73.5 Å². The Labute approximate surface area is 282 Å². The highest BCUT2D eigenvalue weighted by atomic mass is 16.7. The van der Waals surface area contributed by atoms with Crippen LogP contribution in [0.25, 0.3) is 33.2 Å². The van der Waals surface area contributed by atoms with E-state index in [2.05, 4.69) is 5.32 Å². The number of hydrogen-bond donors (Lipinski definition) is 3. The van der Waals surface area contributed by atoms with Gasteiger partial charge >= 0.3 is 5.63 Å². The number of aliphatic hydroxyl groups is 2. The van der Waals surface area contributed by atoms with Crippen LogP contribution >= 0.6 is 0 Å². The molecule has 0 radical (unpaired) electrons. The summed E-state index contributed by atoms with van der Waals surface area (Å²) in [7, 11) is 4.55. The second-order valence-corrected chi connectivity index (χ2v) is 12.1. The van der Waals surface area contributed by atoms with E-state index in [9.17, 15) is 19.8 Å². The zero-order valence-electron chi connectivity index (χ0n) is 27.6. The predicted molar refractivity (Wildman–Crippen MR) is 183 cm³/mol. The molecule has 1 fully saturated rings. The van der Waals surface area contributed by atoms with Crippen molar-refractivity contribution in [1.29, 1.82) is 0 Å². The first-order chi connectivity index (χ1) is 23.5. The Hall–Kier alpha value is -5.20. The Balaban J connectivity index is 1.35. The maximum absolute atomic E-state index is 13.5. The summed E-state index contributed by atoms with van der Waals surface area (Å²) in [5.41, 5.74) is 1.16. The number of nitrogens with one attached hydrogen (secondary N) is 1. The lowest BCUT2D eigenvalue weighted by Gasteiger charge is -2.46. The van der Waals surface area contributed by atoms with Crippen LogP contribution in [0.15, 0.2) is 100 Å². The summed E-state index contributed by atoms with van der Waals surface area (Å²) >= 11 is 0. The van der Waals surface area contributed by atoms with Crippen LogP contribution in [0, 0.1) is 0 Å². The highest BCUT2D eigenvalue weighted by Crippen LogP contribution is 2.40. The van der Waals surface area contributed by atoms with Crippen LogP contribution in [0.4, 0.5) is 5.69 Å². The molecule has 4 aromatic carbocycles. The van der Waals surface area contributed by atoms with Gasteiger partial charge in [0, 0.05) is 23.6 Å². The monoisotopic (exact) mass is 667 g/mol. The van der Waals surface area contributed by atoms with Crippen molar-refractivity contribution >= 4 is 22.6 Å². The molecule has 0 spiro atoms. The van der Waals surface area contributed by atoms with Gasteiger partial charge in [-0.1, -0.05) is 42.5 Å². The van der Waals surface area contributed by atoms with E-state index < -0.39 is 41.7 Å². The number of benzene rings is 4. The van der Waals surface area contributed by atoms with E-state index in [1.165, 1.54) is 13.2 Å². The second kappa shape index (κ2) is 13.7. The topological polar surface area (TPSA) is 146 Å². The summed E-state index contributed by atoms with van der Waals surface area (Å²) in [6.45, 7) is 3.46. The average Bonchev–Trinajstić information content (AvgIpc) is 3.11. The summed E-state index contributed by atoms with van der Waals surface area (Å²) in [5.74, 6) is 0.921. The Bertz CT molecular complexity index is 2040. The fraction of sp³-hybridized carbons (Fsp3) is 0.263. The summed E-state index contributed by atoms with van der Waals surface area (Å²) in [4.78, 5) is 26.9. The van der Waals surface area contributed by atoms with Gasteiger partial charge in [-0.2, -0.15) is 0 Å². The standard InChI is InChI=1S/C38H37NO10/c1-38(2)34(46-5)31(40)32(41)37(49-38)47-29-17-14-23-20-27(36(43)48-33(23)30(29)21-10-7-6-8-11-21)39-35(42)24-15-16-28(45-4)26(19-24)22-12-9-13-25(18-22)44-3/h6-20,31-32,34,37,40-41H,1-5H3,(H,39,42)/t31?,32?,34?,37-/m1/s1. The van der Waals surface area contributed by atoms with Crippen LogP contribution < -0.4 is 25.2 Å². The average molecular weight is 668 g/mol. The molecule has 5 aromatic rings. The van der Waals surface area contributed by atoms with Gasteiger partial charge in [0.2, 0.25) is 6.29 Å². The number of methoxy groups -OCH3 is 3. The van der Waals surface area contributed by atoms with E-state index in [4.69, 9.17) is 28.1 Å². The van der Waals surface area contributed by atoms with Gasteiger partial charge < -0.3 is 43.6 Å². The molecule has 11 heteroatoms. The van der Waals surface area contributed by atoms with E-state index in [0.717, 1.165) is 5.56 Å². The van der Waals surface area contributed by atoms with E-state index in [1.807, 2.05) is 54.6 Å². The Morgan fingerprint density at radius 1 is 0.816 bits per heavy atom. The van der Waals surface area contributed by atoms with Crippen LogP contribution in [-0.2, 0) is 9.47 Å². The Morgan fingerprint density at radius 2 is 1.55 bits per heavy atom. The molecule has 6 rings (SSSR count). The minimum absolute atomic E-state index is 0.0644. The minimum atomic E-state index is -1.44. The van der Waals surface area contributed by atoms with Crippen molar-refractivity contribution in [3.05, 3.63) is 107 Å². The molecular formula is C38H37NO10. The van der Waals surface area contributed by atoms with Gasteiger partial charge in [0.05, 0.1) is 25.4 Å².